The fraction of sp³-hybridized carbons (Fsp3) is 0.382. The molecule has 0 aromatic heterocycles. The number of hydrogen-bond acceptors (Lipinski definition) is 5. The Morgan fingerprint density at radius 1 is 0.920 bits per heavy atom. The van der Waals surface area contributed by atoms with Gasteiger partial charge >= 0.3 is 18.0 Å². The minimum absolute atomic E-state index is 0.00118. The number of nitriles is 1. The Bertz CT molecular complexity index is 2000. The summed E-state index contributed by atoms with van der Waals surface area (Å²) in [5, 5.41) is 9.09. The molecule has 2 aliphatic heterocycles. The number of halogens is 8. The van der Waals surface area contributed by atoms with Gasteiger partial charge in [0, 0.05) is 25.1 Å². The maximum atomic E-state index is 15.1. The van der Waals surface area contributed by atoms with E-state index in [1.165, 1.54) is 9.80 Å². The van der Waals surface area contributed by atoms with Crippen LogP contribution in [-0.4, -0.2) is 61.0 Å². The highest BCUT2D eigenvalue weighted by Crippen LogP contribution is 2.57. The van der Waals surface area contributed by atoms with E-state index in [9.17, 15) is 48.7 Å². The van der Waals surface area contributed by atoms with Crippen LogP contribution in [0, 0.1) is 17.1 Å². The van der Waals surface area contributed by atoms with Gasteiger partial charge in [0.05, 0.1) is 22.6 Å². The Hall–Kier alpha value is -4.52. The summed E-state index contributed by atoms with van der Waals surface area (Å²) in [7, 11) is -4.75. The molecule has 2 amide bonds. The number of carbonyl (C=O) groups is 2. The summed E-state index contributed by atoms with van der Waals surface area (Å²) < 4.78 is 138. The van der Waals surface area contributed by atoms with Gasteiger partial charge in [0.1, 0.15) is 16.6 Å². The maximum absolute atomic E-state index is 15.1. The lowest BCUT2D eigenvalue weighted by Crippen LogP contribution is -2.55. The van der Waals surface area contributed by atoms with Gasteiger partial charge in [-0.3, -0.25) is 9.59 Å². The molecule has 3 atom stereocenters. The quantitative estimate of drug-likeness (QED) is 0.275. The third kappa shape index (κ3) is 5.32. The van der Waals surface area contributed by atoms with Crippen molar-refractivity contribution in [1.82, 2.24) is 9.80 Å². The van der Waals surface area contributed by atoms with E-state index < -0.39 is 66.9 Å². The first-order chi connectivity index (χ1) is 23.4. The van der Waals surface area contributed by atoms with Gasteiger partial charge in [-0.25, -0.2) is 17.2 Å². The number of alkyl halides is 7. The highest BCUT2D eigenvalue weighted by Gasteiger charge is 2.74. The molecule has 16 heteroatoms. The molecular formula is C34H27F8N3O4S. The Morgan fingerprint density at radius 2 is 1.60 bits per heavy atom. The van der Waals surface area contributed by atoms with Crippen molar-refractivity contribution in [2.45, 2.75) is 78.4 Å². The number of benzene rings is 3. The van der Waals surface area contributed by atoms with Gasteiger partial charge in [-0.15, -0.1) is 0 Å². The molecule has 2 saturated heterocycles. The molecule has 3 aromatic rings. The zero-order valence-electron chi connectivity index (χ0n) is 25.9. The maximum Gasteiger partial charge on any atom is 0.435 e. The van der Waals surface area contributed by atoms with E-state index in [2.05, 4.69) is 0 Å². The zero-order valence-corrected chi connectivity index (χ0v) is 26.7. The first-order valence-corrected chi connectivity index (χ1v) is 16.9. The molecule has 0 radical (unpaired) electrons. The normalized spacial score (nSPS) is 22.7. The SMILES string of the molecule is N#Cc1ccc(CN2C(=O)CC[C@H]2C(=O)N2CCC3(S(=O)(=O)c4cccc(F)c4)c4ccc(C(F)(C(F)(F)F)C(F)(F)F)cc4CCC23)cc1. The summed E-state index contributed by atoms with van der Waals surface area (Å²) >= 11 is 0. The second kappa shape index (κ2) is 12.1. The highest BCUT2D eigenvalue weighted by molar-refractivity contribution is 7.92. The topological polar surface area (TPSA) is 98.5 Å². The Kier molecular flexibility index (Phi) is 8.52. The monoisotopic (exact) mass is 725 g/mol. The van der Waals surface area contributed by atoms with Crippen LogP contribution >= 0.6 is 0 Å². The summed E-state index contributed by atoms with van der Waals surface area (Å²) in [6.07, 6.45) is -13.7. The second-order valence-electron chi connectivity index (χ2n) is 12.6. The molecule has 0 spiro atoms. The number of aryl methyl sites for hydroxylation is 1. The third-order valence-corrected chi connectivity index (χ3v) is 12.5. The number of carbonyl (C=O) groups excluding carboxylic acids is 2. The summed E-state index contributed by atoms with van der Waals surface area (Å²) in [6.45, 7) is -0.228. The van der Waals surface area contributed by atoms with Crippen molar-refractivity contribution in [3.8, 4) is 6.07 Å². The van der Waals surface area contributed by atoms with Crippen LogP contribution in [0.5, 0.6) is 0 Å². The van der Waals surface area contributed by atoms with Gasteiger partial charge in [-0.05, 0) is 72.7 Å². The molecule has 0 saturated carbocycles. The van der Waals surface area contributed by atoms with E-state index in [0.29, 0.717) is 17.2 Å². The van der Waals surface area contributed by atoms with Gasteiger partial charge < -0.3 is 9.80 Å². The molecule has 2 heterocycles. The van der Waals surface area contributed by atoms with Crippen LogP contribution < -0.4 is 0 Å². The van der Waals surface area contributed by atoms with E-state index >= 15 is 4.39 Å². The number of fused-ring (bicyclic) bond motifs is 3. The van der Waals surface area contributed by atoms with Gasteiger partial charge in [0.25, 0.3) is 0 Å². The molecule has 6 rings (SSSR count). The minimum atomic E-state index is -6.40. The van der Waals surface area contributed by atoms with Crippen molar-refractivity contribution in [2.75, 3.05) is 6.54 Å². The Labute approximate surface area is 281 Å². The summed E-state index contributed by atoms with van der Waals surface area (Å²) in [5.74, 6) is -1.89. The highest BCUT2D eigenvalue weighted by atomic mass is 32.2. The molecule has 0 bridgehead atoms. The second-order valence-corrected chi connectivity index (χ2v) is 14.8. The molecule has 3 aromatic carbocycles. The molecule has 0 N–H and O–H groups in total. The predicted octanol–water partition coefficient (Wildman–Crippen LogP) is 6.39. The first kappa shape index (κ1) is 35.3. The number of rotatable bonds is 6. The molecule has 3 aliphatic rings. The van der Waals surface area contributed by atoms with Crippen LogP contribution in [0.25, 0.3) is 0 Å². The van der Waals surface area contributed by atoms with Crippen molar-refractivity contribution in [3.05, 3.63) is 100 Å². The van der Waals surface area contributed by atoms with Crippen molar-refractivity contribution < 1.29 is 53.1 Å². The molecule has 50 heavy (non-hydrogen) atoms. The van der Waals surface area contributed by atoms with E-state index in [0.717, 1.165) is 30.3 Å². The van der Waals surface area contributed by atoms with Crippen molar-refractivity contribution in [2.24, 2.45) is 0 Å². The number of likely N-dealkylation sites (tertiary alicyclic amines) is 2. The number of nitrogens with zero attached hydrogens (tertiary/aromatic N) is 3. The lowest BCUT2D eigenvalue weighted by Gasteiger charge is -2.43. The average Bonchev–Trinajstić information content (AvgIpc) is 3.64. The lowest BCUT2D eigenvalue weighted by atomic mass is 9.76. The molecule has 2 fully saturated rings. The number of sulfone groups is 1. The average molecular weight is 726 g/mol. The summed E-state index contributed by atoms with van der Waals surface area (Å²) in [6, 6.07) is 11.3. The van der Waals surface area contributed by atoms with E-state index in [4.69, 9.17) is 5.26 Å². The van der Waals surface area contributed by atoms with Crippen LogP contribution in [0.2, 0.25) is 0 Å². The van der Waals surface area contributed by atoms with Crippen molar-refractivity contribution >= 4 is 21.7 Å². The van der Waals surface area contributed by atoms with E-state index in [-0.39, 0.29) is 68.3 Å². The largest absolute Gasteiger partial charge is 0.435 e. The Balaban J connectivity index is 1.44. The zero-order chi connectivity index (χ0) is 36.4. The fourth-order valence-corrected chi connectivity index (χ4v) is 10.00. The molecule has 2 unspecified atom stereocenters. The minimum Gasteiger partial charge on any atom is -0.336 e. The first-order valence-electron chi connectivity index (χ1n) is 15.4. The fourth-order valence-electron chi connectivity index (χ4n) is 7.60. The van der Waals surface area contributed by atoms with Crippen LogP contribution in [0.3, 0.4) is 0 Å². The Morgan fingerprint density at radius 3 is 2.22 bits per heavy atom. The summed E-state index contributed by atoms with van der Waals surface area (Å²) in [5.41, 5.74) is -7.05. The molecule has 1 aliphatic carbocycles. The van der Waals surface area contributed by atoms with Crippen LogP contribution in [0.4, 0.5) is 35.1 Å². The van der Waals surface area contributed by atoms with Gasteiger partial charge in [0.2, 0.25) is 11.8 Å². The molecular weight excluding hydrogens is 698 g/mol. The van der Waals surface area contributed by atoms with Crippen LogP contribution in [0.15, 0.2) is 71.6 Å². The van der Waals surface area contributed by atoms with E-state index in [1.807, 2.05) is 6.07 Å². The molecule has 264 valence electrons. The third-order valence-electron chi connectivity index (χ3n) is 9.98. The molecule has 7 nitrogen and oxygen atoms in total. The predicted molar refractivity (Wildman–Crippen MR) is 160 cm³/mol. The summed E-state index contributed by atoms with van der Waals surface area (Å²) in [4.78, 5) is 29.3. The van der Waals surface area contributed by atoms with E-state index in [1.54, 1.807) is 24.3 Å². The van der Waals surface area contributed by atoms with Gasteiger partial charge in [-0.1, -0.05) is 36.4 Å². The number of amides is 2. The van der Waals surface area contributed by atoms with Gasteiger partial charge in [-0.2, -0.15) is 31.6 Å². The van der Waals surface area contributed by atoms with Gasteiger partial charge in [0.15, 0.2) is 9.84 Å². The van der Waals surface area contributed by atoms with Crippen LogP contribution in [0.1, 0.15) is 53.5 Å². The van der Waals surface area contributed by atoms with Crippen molar-refractivity contribution in [3.63, 3.8) is 0 Å². The van der Waals surface area contributed by atoms with Crippen LogP contribution in [-0.2, 0) is 42.8 Å². The smallest absolute Gasteiger partial charge is 0.336 e. The number of hydrogen-bond donors (Lipinski definition) is 0. The van der Waals surface area contributed by atoms with Crippen molar-refractivity contribution in [1.29, 1.82) is 5.26 Å². The standard InChI is InChI=1S/C34H27F8N3O4S/c35-24-2-1-3-25(17-24)50(48,49)31-14-15-44(30(47)27-11-13-29(46)45(27)19-21-6-4-20(18-43)5-7-21)28(31)12-8-22-16-23(9-10-26(22)31)32(36,33(37,38)39)34(40,41)42/h1-7,9-10,16-17,27-28H,8,11-15,19H2/t27-,28?,31?/m0/s1. The lowest BCUT2D eigenvalue weighted by molar-refractivity contribution is -0.348.